The van der Waals surface area contributed by atoms with Crippen molar-refractivity contribution in [1.82, 2.24) is 14.2 Å². The molecular weight excluding hydrogens is 500 g/mol. The van der Waals surface area contributed by atoms with E-state index in [1.807, 2.05) is 16.7 Å². The fourth-order valence-electron chi connectivity index (χ4n) is 3.33. The summed E-state index contributed by atoms with van der Waals surface area (Å²) in [5.74, 6) is 1.13. The fraction of sp³-hybridized carbons (Fsp3) is 0.263. The smallest absolute Gasteiger partial charge is 0.292 e. The first-order chi connectivity index (χ1) is 15.2. The molecule has 1 aliphatic rings. The van der Waals surface area contributed by atoms with Gasteiger partial charge >= 0.3 is 0 Å². The summed E-state index contributed by atoms with van der Waals surface area (Å²) in [6.07, 6.45) is 3.92. The molecule has 1 fully saturated rings. The third kappa shape index (κ3) is 4.47. The van der Waals surface area contributed by atoms with Crippen LogP contribution in [0.2, 0.25) is 10.0 Å². The first-order valence-corrected chi connectivity index (χ1v) is 12.9. The van der Waals surface area contributed by atoms with Crippen LogP contribution < -0.4 is 15.2 Å². The van der Waals surface area contributed by atoms with Gasteiger partial charge in [0.15, 0.2) is 5.65 Å². The molecule has 0 atom stereocenters. The number of aryl methyl sites for hydroxylation is 1. The monoisotopic (exact) mass is 517 g/mol. The van der Waals surface area contributed by atoms with Crippen LogP contribution in [0.5, 0.6) is 0 Å². The van der Waals surface area contributed by atoms with Crippen LogP contribution in [0.15, 0.2) is 34.7 Å². The van der Waals surface area contributed by atoms with Gasteiger partial charge in [0, 0.05) is 42.2 Å². The normalized spacial score (nSPS) is 15.1. The molecule has 0 aliphatic carbocycles. The lowest BCUT2D eigenvalue weighted by molar-refractivity contribution is 0.609. The van der Waals surface area contributed by atoms with Crippen molar-refractivity contribution in [2.24, 2.45) is 7.05 Å². The van der Waals surface area contributed by atoms with Crippen LogP contribution in [0.3, 0.4) is 0 Å². The molecule has 0 saturated carbocycles. The molecule has 1 saturated heterocycles. The molecule has 32 heavy (non-hydrogen) atoms. The molecule has 3 heterocycles. The average Bonchev–Trinajstić information content (AvgIpc) is 3.01. The molecule has 0 unspecified atom stereocenters. The van der Waals surface area contributed by atoms with Crippen LogP contribution in [0.1, 0.15) is 5.56 Å². The van der Waals surface area contributed by atoms with E-state index in [2.05, 4.69) is 9.71 Å². The number of aromatic nitrogens is 3. The van der Waals surface area contributed by atoms with Gasteiger partial charge < -0.3 is 4.90 Å². The molecule has 3 aromatic rings. The van der Waals surface area contributed by atoms with E-state index in [4.69, 9.17) is 23.2 Å². The SMILES string of the molecule is Cn1c(=O)c(N2CCSCC2)c2ncc(NS(=O)(=O)/C=C/c3c(Cl)ccc(F)c3Cl)cn21. The Kier molecular flexibility index (Phi) is 6.44. The minimum atomic E-state index is -4.01. The predicted octanol–water partition coefficient (Wildman–Crippen LogP) is 3.44. The van der Waals surface area contributed by atoms with Gasteiger partial charge in [0.25, 0.3) is 15.6 Å². The summed E-state index contributed by atoms with van der Waals surface area (Å²) in [6.45, 7) is 1.48. The van der Waals surface area contributed by atoms with Crippen molar-refractivity contribution in [3.63, 3.8) is 0 Å². The van der Waals surface area contributed by atoms with Crippen molar-refractivity contribution in [2.75, 3.05) is 34.2 Å². The molecule has 4 rings (SSSR count). The van der Waals surface area contributed by atoms with E-state index in [-0.39, 0.29) is 26.9 Å². The highest BCUT2D eigenvalue weighted by atomic mass is 35.5. The summed E-state index contributed by atoms with van der Waals surface area (Å²) in [4.78, 5) is 19.1. The second-order valence-corrected chi connectivity index (χ2v) is 10.6. The molecule has 0 spiro atoms. The topological polar surface area (TPSA) is 88.7 Å². The maximum atomic E-state index is 13.6. The highest BCUT2D eigenvalue weighted by Crippen LogP contribution is 2.29. The molecule has 0 bridgehead atoms. The number of hydrogen-bond donors (Lipinski definition) is 1. The zero-order valence-electron chi connectivity index (χ0n) is 16.8. The van der Waals surface area contributed by atoms with Gasteiger partial charge in [-0.1, -0.05) is 23.2 Å². The predicted molar refractivity (Wildman–Crippen MR) is 128 cm³/mol. The van der Waals surface area contributed by atoms with E-state index in [1.165, 1.54) is 27.7 Å². The summed E-state index contributed by atoms with van der Waals surface area (Å²) in [5, 5.41) is 0.657. The maximum Gasteiger partial charge on any atom is 0.292 e. The maximum absolute atomic E-state index is 13.6. The molecule has 8 nitrogen and oxygen atoms in total. The number of anilines is 2. The number of nitrogens with one attached hydrogen (secondary N) is 1. The molecule has 13 heteroatoms. The molecule has 0 radical (unpaired) electrons. The molecular formula is C19H18Cl2FN5O3S2. The van der Waals surface area contributed by atoms with Crippen molar-refractivity contribution >= 4 is 68.1 Å². The highest BCUT2D eigenvalue weighted by molar-refractivity contribution is 7.99. The van der Waals surface area contributed by atoms with Crippen LogP contribution in [0, 0.1) is 5.82 Å². The Morgan fingerprint density at radius 3 is 2.69 bits per heavy atom. The number of thioether (sulfide) groups is 1. The van der Waals surface area contributed by atoms with Gasteiger partial charge in [0.1, 0.15) is 11.5 Å². The van der Waals surface area contributed by atoms with E-state index in [0.717, 1.165) is 42.1 Å². The van der Waals surface area contributed by atoms with Crippen molar-refractivity contribution in [2.45, 2.75) is 0 Å². The Morgan fingerprint density at radius 2 is 1.97 bits per heavy atom. The molecule has 1 aromatic carbocycles. The number of halogens is 3. The quantitative estimate of drug-likeness (QED) is 0.521. The van der Waals surface area contributed by atoms with Crippen molar-refractivity contribution in [3.8, 4) is 0 Å². The summed E-state index contributed by atoms with van der Waals surface area (Å²) in [7, 11) is -2.42. The fourth-order valence-corrected chi connectivity index (χ4v) is 5.55. The average molecular weight is 518 g/mol. The Labute approximate surface area is 197 Å². The van der Waals surface area contributed by atoms with Crippen LogP contribution >= 0.6 is 35.0 Å². The lowest BCUT2D eigenvalue weighted by atomic mass is 10.2. The van der Waals surface area contributed by atoms with Crippen LogP contribution in [0.4, 0.5) is 15.8 Å². The Bertz CT molecular complexity index is 1380. The summed E-state index contributed by atoms with van der Waals surface area (Å²) in [6, 6.07) is 2.37. The van der Waals surface area contributed by atoms with Gasteiger partial charge in [-0.2, -0.15) is 11.8 Å². The lowest BCUT2D eigenvalue weighted by Gasteiger charge is -2.26. The third-order valence-electron chi connectivity index (χ3n) is 4.92. The Hall–Kier alpha value is -2.21. The second-order valence-electron chi connectivity index (χ2n) is 6.99. The van der Waals surface area contributed by atoms with Gasteiger partial charge in [-0.05, 0) is 18.2 Å². The second kappa shape index (κ2) is 8.97. The zero-order valence-corrected chi connectivity index (χ0v) is 19.9. The van der Waals surface area contributed by atoms with Crippen molar-refractivity contribution in [1.29, 1.82) is 0 Å². The standard InChI is InChI=1S/C19H18Cl2FN5O3S2/c1-25-19(28)17(26-5-7-31-8-6-26)18-23-10-12(11-27(18)25)24-32(29,30)9-4-13-14(20)2-3-15(22)16(13)21/h2-4,9-11,24H,5-8H2,1H3/b9-4+. The molecule has 1 N–H and O–H groups in total. The van der Waals surface area contributed by atoms with Gasteiger partial charge in [0.05, 0.1) is 28.5 Å². The Balaban J connectivity index is 1.64. The summed E-state index contributed by atoms with van der Waals surface area (Å²) < 4.78 is 43.9. The van der Waals surface area contributed by atoms with Crippen LogP contribution in [-0.4, -0.2) is 47.2 Å². The van der Waals surface area contributed by atoms with Crippen molar-refractivity contribution in [3.05, 3.63) is 61.7 Å². The summed E-state index contributed by atoms with van der Waals surface area (Å²) >= 11 is 13.7. The third-order valence-corrected chi connectivity index (χ3v) is 7.59. The first kappa shape index (κ1) is 23.0. The molecule has 2 aromatic heterocycles. The van der Waals surface area contributed by atoms with E-state index in [0.29, 0.717) is 11.3 Å². The number of fused-ring (bicyclic) bond motifs is 1. The molecule has 1 aliphatic heterocycles. The Morgan fingerprint density at radius 1 is 1.25 bits per heavy atom. The number of rotatable bonds is 5. The van der Waals surface area contributed by atoms with E-state index in [9.17, 15) is 17.6 Å². The van der Waals surface area contributed by atoms with E-state index < -0.39 is 15.8 Å². The summed E-state index contributed by atoms with van der Waals surface area (Å²) in [5.41, 5.74) is 0.924. The van der Waals surface area contributed by atoms with Crippen LogP contribution in [0.25, 0.3) is 11.7 Å². The highest BCUT2D eigenvalue weighted by Gasteiger charge is 2.22. The number of benzene rings is 1. The number of sulfonamides is 1. The molecule has 0 amide bonds. The lowest BCUT2D eigenvalue weighted by Crippen LogP contribution is -2.35. The largest absolute Gasteiger partial charge is 0.362 e. The minimum Gasteiger partial charge on any atom is -0.362 e. The first-order valence-electron chi connectivity index (χ1n) is 9.42. The minimum absolute atomic E-state index is 0.0458. The zero-order chi connectivity index (χ0) is 23.0. The van der Waals surface area contributed by atoms with Gasteiger partial charge in [0.2, 0.25) is 0 Å². The van der Waals surface area contributed by atoms with E-state index in [1.54, 1.807) is 7.05 Å². The van der Waals surface area contributed by atoms with Gasteiger partial charge in [-0.15, -0.1) is 0 Å². The van der Waals surface area contributed by atoms with Crippen molar-refractivity contribution < 1.29 is 12.8 Å². The number of nitrogens with zero attached hydrogens (tertiary/aromatic N) is 4. The van der Waals surface area contributed by atoms with E-state index >= 15 is 0 Å². The number of hydrogen-bond acceptors (Lipinski definition) is 6. The van der Waals surface area contributed by atoms with Gasteiger partial charge in [-0.3, -0.25) is 9.52 Å². The molecule has 170 valence electrons. The van der Waals surface area contributed by atoms with Gasteiger partial charge in [-0.25, -0.2) is 27.0 Å². The van der Waals surface area contributed by atoms with Crippen LogP contribution in [-0.2, 0) is 17.1 Å².